The lowest BCUT2D eigenvalue weighted by Crippen LogP contribution is -2.24. The molecule has 2 N–H and O–H groups in total. The SMILES string of the molecule is O=c1oc2ccccc2c(NC2CCCC2)c1NS(=O)(=O)c1ccc(F)cc1F. The lowest BCUT2D eigenvalue weighted by molar-refractivity contribution is 0.549. The van der Waals surface area contributed by atoms with Gasteiger partial charge in [-0.1, -0.05) is 25.0 Å². The van der Waals surface area contributed by atoms with E-state index in [2.05, 4.69) is 10.0 Å². The number of sulfonamides is 1. The molecule has 29 heavy (non-hydrogen) atoms. The van der Waals surface area contributed by atoms with E-state index >= 15 is 0 Å². The summed E-state index contributed by atoms with van der Waals surface area (Å²) in [6.45, 7) is 0. The lowest BCUT2D eigenvalue weighted by Gasteiger charge is -2.19. The van der Waals surface area contributed by atoms with Crippen LogP contribution in [-0.4, -0.2) is 14.5 Å². The number of rotatable bonds is 5. The van der Waals surface area contributed by atoms with Gasteiger partial charge in [0.05, 0.1) is 5.69 Å². The molecule has 152 valence electrons. The molecule has 0 radical (unpaired) electrons. The van der Waals surface area contributed by atoms with Crippen molar-refractivity contribution in [1.29, 1.82) is 0 Å². The van der Waals surface area contributed by atoms with Crippen molar-refractivity contribution in [2.75, 3.05) is 10.0 Å². The molecule has 3 aromatic rings. The Morgan fingerprint density at radius 1 is 1.00 bits per heavy atom. The predicted octanol–water partition coefficient (Wildman–Crippen LogP) is 4.23. The van der Waals surface area contributed by atoms with Crippen molar-refractivity contribution in [3.8, 4) is 0 Å². The maximum atomic E-state index is 14.1. The van der Waals surface area contributed by atoms with Crippen LogP contribution in [0.5, 0.6) is 0 Å². The smallest absolute Gasteiger partial charge is 0.363 e. The molecular weight excluding hydrogens is 402 g/mol. The number of hydrogen-bond donors (Lipinski definition) is 2. The van der Waals surface area contributed by atoms with E-state index in [9.17, 15) is 22.0 Å². The molecular formula is C20H18F2N2O4S. The van der Waals surface area contributed by atoms with E-state index in [4.69, 9.17) is 4.42 Å². The second-order valence-electron chi connectivity index (χ2n) is 6.94. The minimum Gasteiger partial charge on any atom is -0.421 e. The van der Waals surface area contributed by atoms with E-state index in [1.165, 1.54) is 0 Å². The highest BCUT2D eigenvalue weighted by Crippen LogP contribution is 2.33. The van der Waals surface area contributed by atoms with Crippen molar-refractivity contribution in [3.05, 3.63) is 64.5 Å². The van der Waals surface area contributed by atoms with Crippen molar-refractivity contribution in [1.82, 2.24) is 0 Å². The number of halogens is 2. The molecule has 9 heteroatoms. The minimum absolute atomic E-state index is 0.0750. The standard InChI is InChI=1S/C20H18F2N2O4S/c21-12-9-10-17(15(22)11-12)29(26,27)24-19-18(23-13-5-1-2-6-13)14-7-3-4-8-16(14)28-20(19)25/h3-4,7-11,13,23-24H,1-2,5-6H2. The van der Waals surface area contributed by atoms with Gasteiger partial charge in [-0.15, -0.1) is 0 Å². The van der Waals surface area contributed by atoms with Crippen molar-refractivity contribution in [3.63, 3.8) is 0 Å². The third-order valence-electron chi connectivity index (χ3n) is 4.94. The fourth-order valence-corrected chi connectivity index (χ4v) is 4.68. The normalized spacial score (nSPS) is 15.0. The van der Waals surface area contributed by atoms with E-state index < -0.39 is 32.2 Å². The zero-order valence-corrected chi connectivity index (χ0v) is 16.1. The van der Waals surface area contributed by atoms with Gasteiger partial charge in [0.25, 0.3) is 10.0 Å². The Kier molecular flexibility index (Phi) is 4.99. The summed E-state index contributed by atoms with van der Waals surface area (Å²) >= 11 is 0. The Balaban J connectivity index is 1.84. The van der Waals surface area contributed by atoms with Gasteiger partial charge >= 0.3 is 5.63 Å². The van der Waals surface area contributed by atoms with Crippen molar-refractivity contribution >= 4 is 32.4 Å². The third kappa shape index (κ3) is 3.82. The van der Waals surface area contributed by atoms with Gasteiger partial charge in [0, 0.05) is 17.5 Å². The van der Waals surface area contributed by atoms with Crippen LogP contribution in [0, 0.1) is 11.6 Å². The predicted molar refractivity (Wildman–Crippen MR) is 106 cm³/mol. The van der Waals surface area contributed by atoms with E-state index in [0.29, 0.717) is 17.0 Å². The molecule has 0 bridgehead atoms. The summed E-state index contributed by atoms with van der Waals surface area (Å²) in [5.41, 5.74) is -0.654. The molecule has 1 saturated carbocycles. The zero-order valence-electron chi connectivity index (χ0n) is 15.2. The van der Waals surface area contributed by atoms with Crippen molar-refractivity contribution in [2.45, 2.75) is 36.6 Å². The minimum atomic E-state index is -4.50. The number of benzene rings is 2. The Morgan fingerprint density at radius 2 is 1.72 bits per heavy atom. The number of hydrogen-bond acceptors (Lipinski definition) is 5. The van der Waals surface area contributed by atoms with Crippen molar-refractivity contribution in [2.24, 2.45) is 0 Å². The molecule has 0 atom stereocenters. The molecule has 6 nitrogen and oxygen atoms in total. The Labute approximate surface area is 165 Å². The van der Waals surface area contributed by atoms with Crippen LogP contribution < -0.4 is 15.7 Å². The molecule has 0 saturated heterocycles. The van der Waals surface area contributed by atoms with Crippen LogP contribution in [0.4, 0.5) is 20.2 Å². The zero-order chi connectivity index (χ0) is 20.6. The van der Waals surface area contributed by atoms with Gasteiger partial charge in [0.2, 0.25) is 0 Å². The largest absolute Gasteiger partial charge is 0.421 e. The summed E-state index contributed by atoms with van der Waals surface area (Å²) in [5.74, 6) is -2.16. The number of para-hydroxylation sites is 1. The van der Waals surface area contributed by atoms with E-state index in [1.54, 1.807) is 24.3 Å². The Hall–Kier alpha value is -2.94. The molecule has 4 rings (SSSR count). The van der Waals surface area contributed by atoms with Crippen LogP contribution in [0.15, 0.2) is 56.6 Å². The first-order valence-electron chi connectivity index (χ1n) is 9.15. The average molecular weight is 420 g/mol. The summed E-state index contributed by atoms with van der Waals surface area (Å²) in [6.07, 6.45) is 3.82. The molecule has 1 aromatic heterocycles. The number of fused-ring (bicyclic) bond motifs is 1. The summed E-state index contributed by atoms with van der Waals surface area (Å²) in [5, 5.41) is 3.77. The van der Waals surface area contributed by atoms with Crippen LogP contribution in [0.2, 0.25) is 0 Å². The average Bonchev–Trinajstić information content (AvgIpc) is 3.17. The summed E-state index contributed by atoms with van der Waals surface area (Å²) in [7, 11) is -4.50. The summed E-state index contributed by atoms with van der Waals surface area (Å²) < 4.78 is 60.1. The van der Waals surface area contributed by atoms with Gasteiger partial charge in [-0.05, 0) is 37.1 Å². The molecule has 0 unspecified atom stereocenters. The fraction of sp³-hybridized carbons (Fsp3) is 0.250. The van der Waals surface area contributed by atoms with Gasteiger partial charge in [0.15, 0.2) is 5.69 Å². The molecule has 1 aliphatic rings. The maximum absolute atomic E-state index is 14.1. The number of anilines is 2. The van der Waals surface area contributed by atoms with Crippen LogP contribution in [0.25, 0.3) is 11.0 Å². The second kappa shape index (κ2) is 7.47. The highest BCUT2D eigenvalue weighted by molar-refractivity contribution is 7.92. The molecule has 1 heterocycles. The van der Waals surface area contributed by atoms with E-state index in [1.807, 2.05) is 0 Å². The molecule has 1 aliphatic carbocycles. The van der Waals surface area contributed by atoms with Gasteiger partial charge in [-0.3, -0.25) is 4.72 Å². The quantitative estimate of drug-likeness (QED) is 0.603. The molecule has 0 amide bonds. The van der Waals surface area contributed by atoms with Crippen LogP contribution in [0.1, 0.15) is 25.7 Å². The highest BCUT2D eigenvalue weighted by atomic mass is 32.2. The van der Waals surface area contributed by atoms with Crippen molar-refractivity contribution < 1.29 is 21.6 Å². The number of nitrogens with one attached hydrogen (secondary N) is 2. The maximum Gasteiger partial charge on any atom is 0.363 e. The summed E-state index contributed by atoms with van der Waals surface area (Å²) in [4.78, 5) is 11.8. The molecule has 0 spiro atoms. The van der Waals surface area contributed by atoms with E-state index in [-0.39, 0.29) is 17.4 Å². The molecule has 1 fully saturated rings. The topological polar surface area (TPSA) is 88.4 Å². The first kappa shape index (κ1) is 19.4. The monoisotopic (exact) mass is 420 g/mol. The third-order valence-corrected chi connectivity index (χ3v) is 6.32. The lowest BCUT2D eigenvalue weighted by atomic mass is 10.1. The first-order chi connectivity index (χ1) is 13.8. The van der Waals surface area contributed by atoms with Gasteiger partial charge in [-0.2, -0.15) is 0 Å². The summed E-state index contributed by atoms with van der Waals surface area (Å²) in [6, 6.07) is 8.92. The van der Waals surface area contributed by atoms with Crippen LogP contribution >= 0.6 is 0 Å². The van der Waals surface area contributed by atoms with Crippen LogP contribution in [0.3, 0.4) is 0 Å². The molecule has 2 aromatic carbocycles. The Bertz CT molecular complexity index is 1230. The fourth-order valence-electron chi connectivity index (χ4n) is 3.55. The first-order valence-corrected chi connectivity index (χ1v) is 10.6. The van der Waals surface area contributed by atoms with E-state index in [0.717, 1.165) is 37.8 Å². The van der Waals surface area contributed by atoms with Gasteiger partial charge in [-0.25, -0.2) is 22.0 Å². The highest BCUT2D eigenvalue weighted by Gasteiger charge is 2.26. The Morgan fingerprint density at radius 3 is 2.45 bits per heavy atom. The van der Waals surface area contributed by atoms with Gasteiger partial charge < -0.3 is 9.73 Å². The second-order valence-corrected chi connectivity index (χ2v) is 8.59. The molecule has 0 aliphatic heterocycles. The van der Waals surface area contributed by atoms with Crippen LogP contribution in [-0.2, 0) is 10.0 Å². The van der Waals surface area contributed by atoms with Gasteiger partial charge in [0.1, 0.15) is 22.1 Å².